The van der Waals surface area contributed by atoms with Crippen LogP contribution in [0.2, 0.25) is 0 Å². The second-order valence-corrected chi connectivity index (χ2v) is 5.84. The smallest absolute Gasteiger partial charge is 0.338 e. The molecule has 1 aromatic carbocycles. The third kappa shape index (κ3) is 3.02. The Morgan fingerprint density at radius 2 is 2.00 bits per heavy atom. The first-order valence-electron chi connectivity index (χ1n) is 7.72. The van der Waals surface area contributed by atoms with Crippen LogP contribution in [0.5, 0.6) is 0 Å². The van der Waals surface area contributed by atoms with Gasteiger partial charge in [-0.15, -0.1) is 0 Å². The molecule has 1 saturated carbocycles. The number of carboxylic acids is 1. The molecule has 0 bridgehead atoms. The van der Waals surface area contributed by atoms with Gasteiger partial charge in [0.2, 0.25) is 0 Å². The van der Waals surface area contributed by atoms with Crippen LogP contribution >= 0.6 is 0 Å². The number of nitrogen functional groups attached to an aromatic ring is 1. The number of rotatable bonds is 3. The number of aromatic carboxylic acids is 1. The zero-order valence-corrected chi connectivity index (χ0v) is 12.6. The number of carboxylic acid groups (broad SMARTS) is 1. The number of carbonyl (C=O) groups is 1. The Morgan fingerprint density at radius 3 is 2.70 bits per heavy atom. The fraction of sp³-hybridized carbons (Fsp3) is 0.353. The predicted molar refractivity (Wildman–Crippen MR) is 84.6 cm³/mol. The summed E-state index contributed by atoms with van der Waals surface area (Å²) >= 11 is 0. The third-order valence-corrected chi connectivity index (χ3v) is 4.33. The van der Waals surface area contributed by atoms with Gasteiger partial charge in [0, 0.05) is 11.5 Å². The first-order chi connectivity index (χ1) is 11.1. The normalized spacial score (nSPS) is 15.5. The molecule has 1 fully saturated rings. The van der Waals surface area contributed by atoms with Crippen LogP contribution in [-0.2, 0) is 0 Å². The van der Waals surface area contributed by atoms with Crippen LogP contribution in [0.4, 0.5) is 10.2 Å². The van der Waals surface area contributed by atoms with Gasteiger partial charge < -0.3 is 10.8 Å². The van der Waals surface area contributed by atoms with Gasteiger partial charge in [0.1, 0.15) is 17.3 Å². The maximum atomic E-state index is 14.5. The average Bonchev–Trinajstić information content (AvgIpc) is 2.56. The van der Waals surface area contributed by atoms with Crippen LogP contribution < -0.4 is 5.73 Å². The average molecular weight is 315 g/mol. The molecule has 3 rings (SSSR count). The summed E-state index contributed by atoms with van der Waals surface area (Å²) < 4.78 is 14.5. The van der Waals surface area contributed by atoms with Crippen molar-refractivity contribution >= 4 is 11.8 Å². The fourth-order valence-electron chi connectivity index (χ4n) is 3.09. The second kappa shape index (κ2) is 6.32. The van der Waals surface area contributed by atoms with Gasteiger partial charge in [-0.2, -0.15) is 0 Å². The molecule has 3 N–H and O–H groups in total. The molecule has 5 nitrogen and oxygen atoms in total. The van der Waals surface area contributed by atoms with Crippen molar-refractivity contribution in [3.63, 3.8) is 0 Å². The summed E-state index contributed by atoms with van der Waals surface area (Å²) in [6.07, 6.45) is 7.24. The Hall–Kier alpha value is -2.50. The summed E-state index contributed by atoms with van der Waals surface area (Å²) in [5.41, 5.74) is 6.55. The summed E-state index contributed by atoms with van der Waals surface area (Å²) in [5, 5.41) is 9.06. The van der Waals surface area contributed by atoms with E-state index in [4.69, 9.17) is 10.8 Å². The minimum absolute atomic E-state index is 0.0764. The van der Waals surface area contributed by atoms with E-state index in [1.807, 2.05) is 0 Å². The van der Waals surface area contributed by atoms with E-state index in [9.17, 15) is 9.18 Å². The van der Waals surface area contributed by atoms with E-state index in [1.165, 1.54) is 24.6 Å². The van der Waals surface area contributed by atoms with Gasteiger partial charge in [-0.05, 0) is 25.0 Å². The number of anilines is 1. The van der Waals surface area contributed by atoms with Crippen LogP contribution in [0, 0.1) is 5.82 Å². The number of aromatic nitrogens is 2. The van der Waals surface area contributed by atoms with Crippen LogP contribution in [0.3, 0.4) is 0 Å². The molecule has 0 atom stereocenters. The summed E-state index contributed by atoms with van der Waals surface area (Å²) in [6.45, 7) is 0. The topological polar surface area (TPSA) is 89.1 Å². The molecule has 0 radical (unpaired) electrons. The van der Waals surface area contributed by atoms with Crippen molar-refractivity contribution in [2.75, 3.05) is 5.73 Å². The molecule has 2 aromatic rings. The number of nitrogens with zero attached hydrogens (tertiary/aromatic N) is 2. The van der Waals surface area contributed by atoms with Crippen molar-refractivity contribution in [2.24, 2.45) is 0 Å². The van der Waals surface area contributed by atoms with Crippen molar-refractivity contribution < 1.29 is 14.3 Å². The monoisotopic (exact) mass is 315 g/mol. The third-order valence-electron chi connectivity index (χ3n) is 4.33. The standard InChI is InChI=1S/C17H18FN3O2/c18-14-11(7-4-8-12(14)17(22)23)15-16(19)20-9-13(21-15)10-5-2-1-3-6-10/h4,7-10H,1-3,5-6H2,(H2,19,20)(H,22,23). The first kappa shape index (κ1) is 15.4. The van der Waals surface area contributed by atoms with E-state index in [1.54, 1.807) is 6.20 Å². The van der Waals surface area contributed by atoms with Gasteiger partial charge in [-0.3, -0.25) is 0 Å². The molecule has 0 unspecified atom stereocenters. The number of hydrogen-bond donors (Lipinski definition) is 2. The molecule has 1 aliphatic carbocycles. The van der Waals surface area contributed by atoms with Crippen LogP contribution in [0.1, 0.15) is 54.1 Å². The molecule has 0 aliphatic heterocycles. The highest BCUT2D eigenvalue weighted by atomic mass is 19.1. The highest BCUT2D eigenvalue weighted by Gasteiger charge is 2.21. The van der Waals surface area contributed by atoms with Crippen LogP contribution in [0.25, 0.3) is 11.3 Å². The van der Waals surface area contributed by atoms with Gasteiger partial charge in [0.15, 0.2) is 0 Å². The van der Waals surface area contributed by atoms with Gasteiger partial charge in [0.05, 0.1) is 17.5 Å². The number of nitrogens with two attached hydrogens (primary N) is 1. The molecular weight excluding hydrogens is 297 g/mol. The highest BCUT2D eigenvalue weighted by Crippen LogP contribution is 2.34. The lowest BCUT2D eigenvalue weighted by Gasteiger charge is -2.21. The maximum Gasteiger partial charge on any atom is 0.338 e. The highest BCUT2D eigenvalue weighted by molar-refractivity contribution is 5.90. The SMILES string of the molecule is Nc1ncc(C2CCCCC2)nc1-c1cccc(C(=O)O)c1F. The molecular formula is C17H18FN3O2. The van der Waals surface area contributed by atoms with Crippen molar-refractivity contribution in [1.29, 1.82) is 0 Å². The Morgan fingerprint density at radius 1 is 1.26 bits per heavy atom. The maximum absolute atomic E-state index is 14.5. The van der Waals surface area contributed by atoms with Gasteiger partial charge in [0.25, 0.3) is 0 Å². The zero-order valence-electron chi connectivity index (χ0n) is 12.6. The molecule has 1 heterocycles. The van der Waals surface area contributed by atoms with E-state index in [0.717, 1.165) is 31.4 Å². The number of hydrogen-bond acceptors (Lipinski definition) is 4. The van der Waals surface area contributed by atoms with Crippen molar-refractivity contribution in [3.05, 3.63) is 41.5 Å². The summed E-state index contributed by atoms with van der Waals surface area (Å²) in [5.74, 6) is -1.74. The first-order valence-corrected chi connectivity index (χ1v) is 7.72. The lowest BCUT2D eigenvalue weighted by atomic mass is 9.87. The van der Waals surface area contributed by atoms with Crippen molar-refractivity contribution in [3.8, 4) is 11.3 Å². The largest absolute Gasteiger partial charge is 0.478 e. The lowest BCUT2D eigenvalue weighted by molar-refractivity contribution is 0.0692. The molecule has 0 saturated heterocycles. The van der Waals surface area contributed by atoms with Crippen molar-refractivity contribution in [1.82, 2.24) is 9.97 Å². The molecule has 1 aliphatic rings. The van der Waals surface area contributed by atoms with E-state index >= 15 is 0 Å². The van der Waals surface area contributed by atoms with Gasteiger partial charge >= 0.3 is 5.97 Å². The Labute approximate surface area is 133 Å². The quantitative estimate of drug-likeness (QED) is 0.903. The zero-order chi connectivity index (χ0) is 16.4. The Balaban J connectivity index is 2.06. The fourth-order valence-corrected chi connectivity index (χ4v) is 3.09. The number of benzene rings is 1. The van der Waals surface area contributed by atoms with E-state index in [-0.39, 0.29) is 17.1 Å². The molecule has 120 valence electrons. The minimum Gasteiger partial charge on any atom is -0.478 e. The lowest BCUT2D eigenvalue weighted by Crippen LogP contribution is -2.10. The van der Waals surface area contributed by atoms with E-state index < -0.39 is 17.3 Å². The van der Waals surface area contributed by atoms with Gasteiger partial charge in [-0.1, -0.05) is 25.3 Å². The molecule has 1 aromatic heterocycles. The van der Waals surface area contributed by atoms with Crippen LogP contribution in [-0.4, -0.2) is 21.0 Å². The predicted octanol–water partition coefficient (Wildman–Crippen LogP) is 3.61. The second-order valence-electron chi connectivity index (χ2n) is 5.84. The Kier molecular flexibility index (Phi) is 4.23. The Bertz CT molecular complexity index is 743. The summed E-state index contributed by atoms with van der Waals surface area (Å²) in [7, 11) is 0. The molecule has 23 heavy (non-hydrogen) atoms. The summed E-state index contributed by atoms with van der Waals surface area (Å²) in [6, 6.07) is 4.18. The molecule has 6 heteroatoms. The molecule has 0 spiro atoms. The van der Waals surface area contributed by atoms with Gasteiger partial charge in [-0.25, -0.2) is 19.2 Å². The van der Waals surface area contributed by atoms with Crippen molar-refractivity contribution in [2.45, 2.75) is 38.0 Å². The molecule has 0 amide bonds. The minimum atomic E-state index is -1.32. The van der Waals surface area contributed by atoms with E-state index in [2.05, 4.69) is 9.97 Å². The summed E-state index contributed by atoms with van der Waals surface area (Å²) in [4.78, 5) is 19.8. The number of halogens is 1. The van der Waals surface area contributed by atoms with E-state index in [0.29, 0.717) is 5.92 Å². The van der Waals surface area contributed by atoms with Crippen LogP contribution in [0.15, 0.2) is 24.4 Å².